The van der Waals surface area contributed by atoms with E-state index in [1.807, 2.05) is 13.0 Å². The molecule has 2 atom stereocenters. The van der Waals surface area contributed by atoms with Crippen molar-refractivity contribution >= 4 is 11.8 Å². The average molecular weight is 290 g/mol. The monoisotopic (exact) mass is 290 g/mol. The van der Waals surface area contributed by atoms with Crippen molar-refractivity contribution in [2.45, 2.75) is 38.8 Å². The summed E-state index contributed by atoms with van der Waals surface area (Å²) < 4.78 is 13.7. The molecule has 112 valence electrons. The Labute approximate surface area is 123 Å². The molecule has 2 aliphatic heterocycles. The first-order chi connectivity index (χ1) is 9.99. The highest BCUT2D eigenvalue weighted by Crippen LogP contribution is 2.30. The molecule has 21 heavy (non-hydrogen) atoms. The molecule has 0 saturated carbocycles. The predicted octanol–water partition coefficient (Wildman–Crippen LogP) is 2.03. The van der Waals surface area contributed by atoms with E-state index in [0.717, 1.165) is 18.4 Å². The van der Waals surface area contributed by atoms with E-state index in [9.17, 15) is 14.0 Å². The van der Waals surface area contributed by atoms with Crippen LogP contribution in [0.1, 0.15) is 36.9 Å². The highest BCUT2D eigenvalue weighted by Gasteiger charge is 2.43. The van der Waals surface area contributed by atoms with Gasteiger partial charge in [-0.3, -0.25) is 9.59 Å². The molecule has 2 unspecified atom stereocenters. The van der Waals surface area contributed by atoms with Crippen LogP contribution in [0, 0.1) is 12.7 Å². The second kappa shape index (κ2) is 5.13. The Morgan fingerprint density at radius 1 is 1.33 bits per heavy atom. The molecule has 2 saturated heterocycles. The van der Waals surface area contributed by atoms with Crippen molar-refractivity contribution in [2.75, 3.05) is 13.1 Å². The lowest BCUT2D eigenvalue weighted by Gasteiger charge is -2.39. The van der Waals surface area contributed by atoms with Gasteiger partial charge in [0.1, 0.15) is 18.4 Å². The van der Waals surface area contributed by atoms with Crippen molar-refractivity contribution in [1.82, 2.24) is 9.80 Å². The summed E-state index contributed by atoms with van der Waals surface area (Å²) >= 11 is 0. The third kappa shape index (κ3) is 2.30. The Kier molecular flexibility index (Phi) is 3.43. The standard InChI is InChI=1S/C16H19FN2O2/c1-10-5-6-12(8-13(10)17)11(2)19-9-15(20)18-7-3-4-14(18)16(19)21/h5-6,8,11,14H,3-4,7,9H2,1-2H3. The van der Waals surface area contributed by atoms with Gasteiger partial charge in [0.05, 0.1) is 6.04 Å². The summed E-state index contributed by atoms with van der Waals surface area (Å²) in [5.41, 5.74) is 1.31. The van der Waals surface area contributed by atoms with E-state index in [1.54, 1.807) is 22.8 Å². The molecule has 1 aromatic rings. The minimum atomic E-state index is -0.316. The van der Waals surface area contributed by atoms with Crippen molar-refractivity contribution in [2.24, 2.45) is 0 Å². The SMILES string of the molecule is Cc1ccc(C(C)N2CC(=O)N3CCCC3C2=O)cc1F. The quantitative estimate of drug-likeness (QED) is 0.836. The van der Waals surface area contributed by atoms with E-state index in [0.29, 0.717) is 12.1 Å². The molecule has 2 heterocycles. The van der Waals surface area contributed by atoms with E-state index in [1.165, 1.54) is 6.07 Å². The molecule has 2 aliphatic rings. The van der Waals surface area contributed by atoms with Crippen molar-refractivity contribution in [3.05, 3.63) is 35.1 Å². The van der Waals surface area contributed by atoms with Gasteiger partial charge in [0.25, 0.3) is 0 Å². The van der Waals surface area contributed by atoms with Crippen molar-refractivity contribution < 1.29 is 14.0 Å². The highest BCUT2D eigenvalue weighted by molar-refractivity contribution is 5.95. The van der Waals surface area contributed by atoms with Gasteiger partial charge >= 0.3 is 0 Å². The zero-order valence-corrected chi connectivity index (χ0v) is 12.3. The first-order valence-corrected chi connectivity index (χ1v) is 7.35. The maximum atomic E-state index is 13.7. The molecule has 0 aliphatic carbocycles. The van der Waals surface area contributed by atoms with E-state index in [2.05, 4.69) is 0 Å². The van der Waals surface area contributed by atoms with Crippen LogP contribution in [0.4, 0.5) is 4.39 Å². The average Bonchev–Trinajstić information content (AvgIpc) is 2.95. The molecule has 2 amide bonds. The second-order valence-electron chi connectivity index (χ2n) is 5.90. The fraction of sp³-hybridized carbons (Fsp3) is 0.500. The molecule has 0 N–H and O–H groups in total. The van der Waals surface area contributed by atoms with E-state index >= 15 is 0 Å². The van der Waals surface area contributed by atoms with Crippen molar-refractivity contribution in [3.8, 4) is 0 Å². The zero-order chi connectivity index (χ0) is 15.1. The Hall–Kier alpha value is -1.91. The van der Waals surface area contributed by atoms with Crippen LogP contribution in [0.25, 0.3) is 0 Å². The number of benzene rings is 1. The fourth-order valence-corrected chi connectivity index (χ4v) is 3.20. The summed E-state index contributed by atoms with van der Waals surface area (Å²) in [5, 5.41) is 0. The zero-order valence-electron chi connectivity index (χ0n) is 12.3. The molecule has 0 spiro atoms. The molecule has 0 bridgehead atoms. The Balaban J connectivity index is 1.86. The Morgan fingerprint density at radius 2 is 2.10 bits per heavy atom. The van der Waals surface area contributed by atoms with Gasteiger partial charge in [-0.05, 0) is 43.9 Å². The second-order valence-corrected chi connectivity index (χ2v) is 5.90. The van der Waals surface area contributed by atoms with Gasteiger partial charge in [-0.1, -0.05) is 12.1 Å². The highest BCUT2D eigenvalue weighted by atomic mass is 19.1. The lowest BCUT2D eigenvalue weighted by molar-refractivity contribution is -0.155. The van der Waals surface area contributed by atoms with Crippen molar-refractivity contribution in [3.63, 3.8) is 0 Å². The number of hydrogen-bond donors (Lipinski definition) is 0. The van der Waals surface area contributed by atoms with Crippen LogP contribution < -0.4 is 0 Å². The summed E-state index contributed by atoms with van der Waals surface area (Å²) in [6.07, 6.45) is 1.61. The minimum Gasteiger partial charge on any atom is -0.329 e. The molecule has 5 heteroatoms. The third-order valence-corrected chi connectivity index (χ3v) is 4.59. The molecule has 2 fully saturated rings. The number of carbonyl (C=O) groups is 2. The molecule has 3 rings (SSSR count). The van der Waals surface area contributed by atoms with Crippen LogP contribution in [-0.4, -0.2) is 40.7 Å². The normalized spacial score (nSPS) is 23.5. The van der Waals surface area contributed by atoms with Gasteiger partial charge in [0, 0.05) is 6.54 Å². The maximum Gasteiger partial charge on any atom is 0.246 e. The van der Waals surface area contributed by atoms with Crippen molar-refractivity contribution in [1.29, 1.82) is 0 Å². The molecule has 0 radical (unpaired) electrons. The maximum absolute atomic E-state index is 13.7. The number of carbonyl (C=O) groups excluding carboxylic acids is 2. The van der Waals surface area contributed by atoms with Crippen LogP contribution in [0.15, 0.2) is 18.2 Å². The number of aryl methyl sites for hydroxylation is 1. The number of nitrogens with zero attached hydrogens (tertiary/aromatic N) is 2. The van der Waals surface area contributed by atoms with E-state index in [-0.39, 0.29) is 36.3 Å². The lowest BCUT2D eigenvalue weighted by atomic mass is 10.0. The number of piperazine rings is 1. The Bertz CT molecular complexity index is 602. The van der Waals surface area contributed by atoms with Crippen LogP contribution in [0.3, 0.4) is 0 Å². The first kappa shape index (κ1) is 14.0. The third-order valence-electron chi connectivity index (χ3n) is 4.59. The Morgan fingerprint density at radius 3 is 2.81 bits per heavy atom. The van der Waals surface area contributed by atoms with E-state index < -0.39 is 0 Å². The summed E-state index contributed by atoms with van der Waals surface area (Å²) in [6.45, 7) is 4.32. The summed E-state index contributed by atoms with van der Waals surface area (Å²) in [4.78, 5) is 28.0. The number of rotatable bonds is 2. The number of fused-ring (bicyclic) bond motifs is 1. The summed E-state index contributed by atoms with van der Waals surface area (Å²) in [6, 6.07) is 4.38. The van der Waals surface area contributed by atoms with Gasteiger partial charge < -0.3 is 9.80 Å². The topological polar surface area (TPSA) is 40.6 Å². The number of amides is 2. The lowest BCUT2D eigenvalue weighted by Crippen LogP contribution is -2.57. The van der Waals surface area contributed by atoms with Gasteiger partial charge in [0.15, 0.2) is 0 Å². The van der Waals surface area contributed by atoms with Crippen LogP contribution in [-0.2, 0) is 9.59 Å². The summed E-state index contributed by atoms with van der Waals surface area (Å²) in [5.74, 6) is -0.297. The van der Waals surface area contributed by atoms with Gasteiger partial charge in [-0.2, -0.15) is 0 Å². The van der Waals surface area contributed by atoms with Crippen LogP contribution >= 0.6 is 0 Å². The largest absolute Gasteiger partial charge is 0.329 e. The number of hydrogen-bond acceptors (Lipinski definition) is 2. The number of halogens is 1. The van der Waals surface area contributed by atoms with E-state index in [4.69, 9.17) is 0 Å². The molecular formula is C16H19FN2O2. The van der Waals surface area contributed by atoms with Crippen LogP contribution in [0.5, 0.6) is 0 Å². The minimum absolute atomic E-state index is 0.00321. The first-order valence-electron chi connectivity index (χ1n) is 7.35. The smallest absolute Gasteiger partial charge is 0.246 e. The fourth-order valence-electron chi connectivity index (χ4n) is 3.20. The predicted molar refractivity (Wildman–Crippen MR) is 76.0 cm³/mol. The molecular weight excluding hydrogens is 271 g/mol. The van der Waals surface area contributed by atoms with Gasteiger partial charge in [-0.15, -0.1) is 0 Å². The summed E-state index contributed by atoms with van der Waals surface area (Å²) in [7, 11) is 0. The van der Waals surface area contributed by atoms with Gasteiger partial charge in [-0.25, -0.2) is 4.39 Å². The molecule has 0 aromatic heterocycles. The molecule has 1 aromatic carbocycles. The van der Waals surface area contributed by atoms with Crippen LogP contribution in [0.2, 0.25) is 0 Å². The van der Waals surface area contributed by atoms with Gasteiger partial charge in [0.2, 0.25) is 11.8 Å². The molecule has 4 nitrogen and oxygen atoms in total.